The summed E-state index contributed by atoms with van der Waals surface area (Å²) in [5, 5.41) is 20.3. The topological polar surface area (TPSA) is 83.4 Å². The molecular formula is C22H18BrN3O3S. The molecule has 8 heteroatoms. The number of aliphatic hydroxyl groups excluding tert-OH is 1. The fraction of sp³-hybridized carbons (Fsp3) is 0.182. The number of aryl methyl sites for hydroxylation is 3. The van der Waals surface area contributed by atoms with Crippen molar-refractivity contribution in [3.05, 3.63) is 79.8 Å². The van der Waals surface area contributed by atoms with Crippen molar-refractivity contribution < 1.29 is 14.7 Å². The van der Waals surface area contributed by atoms with Gasteiger partial charge in [-0.2, -0.15) is 0 Å². The number of amides is 1. The number of benzene rings is 2. The van der Waals surface area contributed by atoms with Gasteiger partial charge in [-0.3, -0.25) is 14.5 Å². The van der Waals surface area contributed by atoms with Crippen LogP contribution >= 0.6 is 27.3 Å². The number of hydrogen-bond donors (Lipinski definition) is 1. The Balaban J connectivity index is 1.99. The third kappa shape index (κ3) is 3.46. The van der Waals surface area contributed by atoms with E-state index in [1.165, 1.54) is 16.2 Å². The number of carbonyl (C=O) groups excluding carboxylic acids is 2. The molecule has 152 valence electrons. The van der Waals surface area contributed by atoms with Gasteiger partial charge in [0.2, 0.25) is 5.13 Å². The van der Waals surface area contributed by atoms with E-state index < -0.39 is 17.7 Å². The van der Waals surface area contributed by atoms with Crippen LogP contribution in [-0.4, -0.2) is 27.0 Å². The first-order chi connectivity index (χ1) is 14.3. The van der Waals surface area contributed by atoms with Crippen LogP contribution in [0.15, 0.2) is 52.5 Å². The van der Waals surface area contributed by atoms with Gasteiger partial charge in [-0.25, -0.2) is 0 Å². The fourth-order valence-corrected chi connectivity index (χ4v) is 4.67. The second-order valence-electron chi connectivity index (χ2n) is 7.15. The van der Waals surface area contributed by atoms with Crippen LogP contribution in [-0.2, 0) is 9.59 Å². The quantitative estimate of drug-likeness (QED) is 0.327. The van der Waals surface area contributed by atoms with E-state index in [0.717, 1.165) is 15.6 Å². The Bertz CT molecular complexity index is 1220. The number of carbonyl (C=O) groups is 2. The molecule has 1 aliphatic rings. The molecule has 1 amide bonds. The van der Waals surface area contributed by atoms with Crippen molar-refractivity contribution in [2.24, 2.45) is 0 Å². The van der Waals surface area contributed by atoms with E-state index in [1.807, 2.05) is 56.3 Å². The van der Waals surface area contributed by atoms with Crippen LogP contribution < -0.4 is 4.90 Å². The molecule has 0 saturated carbocycles. The lowest BCUT2D eigenvalue weighted by Gasteiger charge is -2.23. The summed E-state index contributed by atoms with van der Waals surface area (Å²) in [4.78, 5) is 27.5. The standard InChI is InChI=1S/C22H18BrN3O3S/c1-11-7-8-12(2)16(9-11)19(27)17-18(14-5-4-6-15(23)10-14)26(21(29)20(17)28)22-25-24-13(3)30-22/h4-10,18,27H,1-3H3. The molecule has 0 aliphatic carbocycles. The lowest BCUT2D eigenvalue weighted by Crippen LogP contribution is -2.29. The zero-order chi connectivity index (χ0) is 21.6. The lowest BCUT2D eigenvalue weighted by atomic mass is 9.93. The number of anilines is 1. The summed E-state index contributed by atoms with van der Waals surface area (Å²) >= 11 is 4.67. The van der Waals surface area contributed by atoms with Crippen LogP contribution in [0.4, 0.5) is 5.13 Å². The molecule has 0 spiro atoms. The molecule has 6 nitrogen and oxygen atoms in total. The van der Waals surface area contributed by atoms with E-state index in [0.29, 0.717) is 21.3 Å². The summed E-state index contributed by atoms with van der Waals surface area (Å²) < 4.78 is 0.797. The normalized spacial score (nSPS) is 18.3. The molecule has 2 aromatic carbocycles. The minimum Gasteiger partial charge on any atom is -0.507 e. The summed E-state index contributed by atoms with van der Waals surface area (Å²) in [5.74, 6) is -1.67. The van der Waals surface area contributed by atoms with Crippen molar-refractivity contribution in [2.45, 2.75) is 26.8 Å². The maximum atomic E-state index is 13.1. The van der Waals surface area contributed by atoms with Gasteiger partial charge in [0.1, 0.15) is 10.8 Å². The number of ketones is 1. The second kappa shape index (κ2) is 7.77. The van der Waals surface area contributed by atoms with Gasteiger partial charge in [0.15, 0.2) is 0 Å². The summed E-state index contributed by atoms with van der Waals surface area (Å²) in [5.41, 5.74) is 3.00. The van der Waals surface area contributed by atoms with E-state index in [2.05, 4.69) is 26.1 Å². The minimum atomic E-state index is -0.810. The molecule has 1 aliphatic heterocycles. The first-order valence-electron chi connectivity index (χ1n) is 9.22. The van der Waals surface area contributed by atoms with E-state index in [9.17, 15) is 14.7 Å². The third-order valence-electron chi connectivity index (χ3n) is 4.98. The molecule has 1 unspecified atom stereocenters. The summed E-state index contributed by atoms with van der Waals surface area (Å²) in [7, 11) is 0. The average molecular weight is 484 g/mol. The highest BCUT2D eigenvalue weighted by Gasteiger charge is 2.48. The van der Waals surface area contributed by atoms with Gasteiger partial charge in [-0.15, -0.1) is 10.2 Å². The van der Waals surface area contributed by atoms with Crippen molar-refractivity contribution in [1.82, 2.24) is 10.2 Å². The predicted molar refractivity (Wildman–Crippen MR) is 119 cm³/mol. The summed E-state index contributed by atoms with van der Waals surface area (Å²) in [6.07, 6.45) is 0. The number of Topliss-reactive ketones (excluding diaryl/α,β-unsaturated/α-hetero) is 1. The number of aliphatic hydroxyl groups is 1. The van der Waals surface area contributed by atoms with Crippen LogP contribution in [0.3, 0.4) is 0 Å². The highest BCUT2D eigenvalue weighted by molar-refractivity contribution is 9.10. The monoisotopic (exact) mass is 483 g/mol. The number of nitrogens with zero attached hydrogens (tertiary/aromatic N) is 3. The highest BCUT2D eigenvalue weighted by Crippen LogP contribution is 2.43. The maximum Gasteiger partial charge on any atom is 0.301 e. The van der Waals surface area contributed by atoms with Gasteiger partial charge in [-0.05, 0) is 50.1 Å². The number of rotatable bonds is 3. The Morgan fingerprint density at radius 1 is 1.10 bits per heavy atom. The Morgan fingerprint density at radius 2 is 1.87 bits per heavy atom. The predicted octanol–water partition coefficient (Wildman–Crippen LogP) is 4.85. The van der Waals surface area contributed by atoms with E-state index in [1.54, 1.807) is 6.92 Å². The van der Waals surface area contributed by atoms with E-state index in [4.69, 9.17) is 0 Å². The van der Waals surface area contributed by atoms with Crippen LogP contribution in [0.2, 0.25) is 0 Å². The number of halogens is 1. The molecule has 30 heavy (non-hydrogen) atoms. The average Bonchev–Trinajstić information content (AvgIpc) is 3.24. The summed E-state index contributed by atoms with van der Waals surface area (Å²) in [6.45, 7) is 5.54. The van der Waals surface area contributed by atoms with Gasteiger partial charge in [-0.1, -0.05) is 57.1 Å². The molecule has 1 aromatic heterocycles. The smallest absolute Gasteiger partial charge is 0.301 e. The van der Waals surface area contributed by atoms with E-state index in [-0.39, 0.29) is 11.3 Å². The zero-order valence-corrected chi connectivity index (χ0v) is 18.9. The highest BCUT2D eigenvalue weighted by atomic mass is 79.9. The molecule has 1 atom stereocenters. The van der Waals surface area contributed by atoms with Gasteiger partial charge in [0.25, 0.3) is 5.78 Å². The van der Waals surface area contributed by atoms with Gasteiger partial charge in [0, 0.05) is 10.0 Å². The molecule has 2 heterocycles. The summed E-state index contributed by atoms with van der Waals surface area (Å²) in [6, 6.07) is 12.1. The Labute approximate surface area is 186 Å². The van der Waals surface area contributed by atoms with Crippen LogP contribution in [0.5, 0.6) is 0 Å². The van der Waals surface area contributed by atoms with Crippen molar-refractivity contribution in [1.29, 1.82) is 0 Å². The van der Waals surface area contributed by atoms with Crippen LogP contribution in [0.25, 0.3) is 5.76 Å². The van der Waals surface area contributed by atoms with Gasteiger partial charge in [0.05, 0.1) is 11.6 Å². The fourth-order valence-electron chi connectivity index (χ4n) is 3.54. The maximum absolute atomic E-state index is 13.1. The number of aromatic nitrogens is 2. The van der Waals surface area contributed by atoms with Crippen molar-refractivity contribution in [3.63, 3.8) is 0 Å². The minimum absolute atomic E-state index is 0.0413. The molecule has 1 fully saturated rings. The zero-order valence-electron chi connectivity index (χ0n) is 16.5. The first-order valence-corrected chi connectivity index (χ1v) is 10.8. The molecule has 1 N–H and O–H groups in total. The number of hydrogen-bond acceptors (Lipinski definition) is 6. The third-order valence-corrected chi connectivity index (χ3v) is 6.31. The second-order valence-corrected chi connectivity index (χ2v) is 9.22. The largest absolute Gasteiger partial charge is 0.507 e. The van der Waals surface area contributed by atoms with Gasteiger partial charge >= 0.3 is 5.91 Å². The first kappa shape index (κ1) is 20.4. The molecule has 0 bridgehead atoms. The molecule has 1 saturated heterocycles. The Hall–Kier alpha value is -2.84. The Kier molecular flexibility index (Phi) is 5.29. The molecule has 0 radical (unpaired) electrons. The lowest BCUT2D eigenvalue weighted by molar-refractivity contribution is -0.132. The van der Waals surface area contributed by atoms with Crippen LogP contribution in [0.1, 0.15) is 33.3 Å². The molecule has 4 rings (SSSR count). The van der Waals surface area contributed by atoms with E-state index >= 15 is 0 Å². The SMILES string of the molecule is Cc1ccc(C)c(C(O)=C2C(=O)C(=O)N(c3nnc(C)s3)C2c2cccc(Br)c2)c1. The van der Waals surface area contributed by atoms with Crippen molar-refractivity contribution in [3.8, 4) is 0 Å². The van der Waals surface area contributed by atoms with Gasteiger partial charge < -0.3 is 5.11 Å². The molecular weight excluding hydrogens is 466 g/mol. The Morgan fingerprint density at radius 3 is 2.53 bits per heavy atom. The van der Waals surface area contributed by atoms with Crippen LogP contribution in [0, 0.1) is 20.8 Å². The van der Waals surface area contributed by atoms with Crippen molar-refractivity contribution in [2.75, 3.05) is 4.90 Å². The molecule has 3 aromatic rings. The van der Waals surface area contributed by atoms with Crippen molar-refractivity contribution >= 4 is 49.8 Å².